The Bertz CT molecular complexity index is 727. The molecule has 3 heteroatoms. The maximum atomic E-state index is 10.2. The zero-order chi connectivity index (χ0) is 23.0. The highest BCUT2D eigenvalue weighted by Crippen LogP contribution is 2.67. The molecule has 3 fully saturated rings. The summed E-state index contributed by atoms with van der Waals surface area (Å²) in [6.07, 6.45) is 13.7. The van der Waals surface area contributed by atoms with Crippen LogP contribution in [0.2, 0.25) is 0 Å². The second-order valence-electron chi connectivity index (χ2n) is 11.9. The van der Waals surface area contributed by atoms with Gasteiger partial charge in [0.15, 0.2) is 0 Å². The molecule has 3 saturated carbocycles. The summed E-state index contributed by atoms with van der Waals surface area (Å²) >= 11 is 0. The molecule has 0 radical (unpaired) electrons. The first-order valence-electron chi connectivity index (χ1n) is 12.6. The maximum Gasteiger partial charge on any atom is 0.0811 e. The van der Waals surface area contributed by atoms with Crippen molar-refractivity contribution in [3.63, 3.8) is 0 Å². The molecule has 3 aliphatic carbocycles. The molecule has 1 unspecified atom stereocenters. The predicted molar refractivity (Wildman–Crippen MR) is 129 cm³/mol. The topological polar surface area (TPSA) is 60.7 Å². The van der Waals surface area contributed by atoms with Gasteiger partial charge < -0.3 is 15.3 Å². The van der Waals surface area contributed by atoms with E-state index in [1.807, 2.05) is 13.8 Å². The van der Waals surface area contributed by atoms with Crippen LogP contribution in [0.4, 0.5) is 0 Å². The summed E-state index contributed by atoms with van der Waals surface area (Å²) in [5.74, 6) is 1.40. The van der Waals surface area contributed by atoms with Gasteiger partial charge in [-0.25, -0.2) is 0 Å². The molecule has 0 spiro atoms. The van der Waals surface area contributed by atoms with Crippen molar-refractivity contribution in [1.82, 2.24) is 0 Å². The van der Waals surface area contributed by atoms with Gasteiger partial charge in [-0.2, -0.15) is 0 Å². The molecule has 0 aromatic rings. The third kappa shape index (κ3) is 5.04. The summed E-state index contributed by atoms with van der Waals surface area (Å²) in [5, 5.41) is 30.3. The normalized spacial score (nSPS) is 40.4. The summed E-state index contributed by atoms with van der Waals surface area (Å²) in [6, 6.07) is 0. The molecule has 3 aliphatic rings. The van der Waals surface area contributed by atoms with Crippen LogP contribution in [-0.2, 0) is 0 Å². The molecule has 0 saturated heterocycles. The van der Waals surface area contributed by atoms with Crippen molar-refractivity contribution >= 4 is 0 Å². The van der Waals surface area contributed by atoms with Crippen molar-refractivity contribution in [2.45, 2.75) is 117 Å². The lowest BCUT2D eigenvalue weighted by atomic mass is 9.53. The van der Waals surface area contributed by atoms with E-state index in [0.717, 1.165) is 36.3 Å². The number of allylic oxidation sites excluding steroid dienone is 3. The summed E-state index contributed by atoms with van der Waals surface area (Å²) in [6.45, 7) is 15.4. The average molecular weight is 431 g/mol. The molecule has 0 aromatic heterocycles. The highest BCUT2D eigenvalue weighted by Gasteiger charge is 2.57. The molecule has 3 rings (SSSR count). The fourth-order valence-electron chi connectivity index (χ4n) is 7.06. The van der Waals surface area contributed by atoms with Gasteiger partial charge in [0.2, 0.25) is 0 Å². The maximum absolute atomic E-state index is 10.2. The third-order valence-corrected chi connectivity index (χ3v) is 9.27. The molecule has 0 aromatic carbocycles. The van der Waals surface area contributed by atoms with E-state index in [4.69, 9.17) is 0 Å². The number of hydrogen-bond acceptors (Lipinski definition) is 3. The second-order valence-corrected chi connectivity index (χ2v) is 11.9. The Kier molecular flexibility index (Phi) is 7.30. The van der Waals surface area contributed by atoms with Crippen LogP contribution in [0, 0.1) is 22.7 Å². The van der Waals surface area contributed by atoms with Gasteiger partial charge >= 0.3 is 0 Å². The highest BCUT2D eigenvalue weighted by atomic mass is 16.3. The minimum absolute atomic E-state index is 0.213. The smallest absolute Gasteiger partial charge is 0.0811 e. The molecule has 176 valence electrons. The largest absolute Gasteiger partial charge is 0.393 e. The first kappa shape index (κ1) is 24.7. The molecular weight excluding hydrogens is 384 g/mol. The van der Waals surface area contributed by atoms with Crippen molar-refractivity contribution in [2.24, 2.45) is 22.7 Å². The van der Waals surface area contributed by atoms with Gasteiger partial charge in [0.1, 0.15) is 0 Å². The predicted octanol–water partition coefficient (Wildman–Crippen LogP) is 6.09. The standard InChI is InChI=1S/C28H46O3/c1-19(9-7-14-26(3,4)31)24-13-16-27(5)22(10-8-15-28(24,27)6)12-11-21-17-23(29)18-25(30)20(21)2/h11-12,19,23-25,29-31H,2,7-10,13-18H2,1,3-6H3/t19-,23-,24?,25+,27+,28-/m1/s1. The Hall–Kier alpha value is -0.900. The van der Waals surface area contributed by atoms with Crippen molar-refractivity contribution in [3.05, 3.63) is 35.5 Å². The summed E-state index contributed by atoms with van der Waals surface area (Å²) in [7, 11) is 0. The molecule has 0 amide bonds. The van der Waals surface area contributed by atoms with Crippen LogP contribution in [0.1, 0.15) is 98.8 Å². The van der Waals surface area contributed by atoms with Crippen molar-refractivity contribution in [2.75, 3.05) is 0 Å². The van der Waals surface area contributed by atoms with Crippen LogP contribution in [0.5, 0.6) is 0 Å². The van der Waals surface area contributed by atoms with E-state index in [0.29, 0.717) is 24.2 Å². The quantitative estimate of drug-likeness (QED) is 0.477. The van der Waals surface area contributed by atoms with Crippen molar-refractivity contribution in [1.29, 1.82) is 0 Å². The number of rotatable bonds is 6. The molecule has 6 atom stereocenters. The van der Waals surface area contributed by atoms with Crippen LogP contribution < -0.4 is 0 Å². The molecule has 0 aliphatic heterocycles. The van der Waals surface area contributed by atoms with E-state index in [2.05, 4.69) is 39.5 Å². The van der Waals surface area contributed by atoms with E-state index in [9.17, 15) is 15.3 Å². The van der Waals surface area contributed by atoms with E-state index in [1.165, 1.54) is 32.1 Å². The van der Waals surface area contributed by atoms with Gasteiger partial charge in [-0.05, 0) is 92.6 Å². The first-order chi connectivity index (χ1) is 14.4. The molecular formula is C28H46O3. The summed E-state index contributed by atoms with van der Waals surface area (Å²) in [5.41, 5.74) is 3.28. The molecule has 3 nitrogen and oxygen atoms in total. The lowest BCUT2D eigenvalue weighted by Gasteiger charge is -2.51. The van der Waals surface area contributed by atoms with Crippen molar-refractivity contribution in [3.8, 4) is 0 Å². The molecule has 3 N–H and O–H groups in total. The molecule has 0 heterocycles. The zero-order valence-corrected chi connectivity index (χ0v) is 20.6. The Morgan fingerprint density at radius 1 is 1.19 bits per heavy atom. The summed E-state index contributed by atoms with van der Waals surface area (Å²) in [4.78, 5) is 0. The van der Waals surface area contributed by atoms with E-state index in [-0.39, 0.29) is 5.41 Å². The fraction of sp³-hybridized carbons (Fsp3) is 0.786. The minimum Gasteiger partial charge on any atom is -0.393 e. The van der Waals surface area contributed by atoms with Gasteiger partial charge in [0.05, 0.1) is 17.8 Å². The zero-order valence-electron chi connectivity index (χ0n) is 20.6. The van der Waals surface area contributed by atoms with E-state index >= 15 is 0 Å². The number of aliphatic hydroxyl groups is 3. The number of aliphatic hydroxyl groups excluding tert-OH is 2. The molecule has 0 bridgehead atoms. The lowest BCUT2D eigenvalue weighted by molar-refractivity contribution is 0.0299. The van der Waals surface area contributed by atoms with Crippen LogP contribution in [0.3, 0.4) is 0 Å². The van der Waals surface area contributed by atoms with E-state index in [1.54, 1.807) is 5.57 Å². The van der Waals surface area contributed by atoms with Gasteiger partial charge in [0.25, 0.3) is 0 Å². The Morgan fingerprint density at radius 3 is 2.58 bits per heavy atom. The van der Waals surface area contributed by atoms with Crippen LogP contribution in [0.25, 0.3) is 0 Å². The van der Waals surface area contributed by atoms with Crippen LogP contribution in [0.15, 0.2) is 35.5 Å². The highest BCUT2D eigenvalue weighted by molar-refractivity contribution is 5.39. The Labute approximate surface area is 190 Å². The van der Waals surface area contributed by atoms with Crippen LogP contribution in [-0.4, -0.2) is 33.1 Å². The van der Waals surface area contributed by atoms with Crippen molar-refractivity contribution < 1.29 is 15.3 Å². The Morgan fingerprint density at radius 2 is 1.90 bits per heavy atom. The average Bonchev–Trinajstić information content (AvgIpc) is 2.94. The SMILES string of the molecule is C=C1C(=CC=C2CCC[C@]3(C)C([C@H](C)CCCC(C)(C)O)CC[C@@]23C)C[C@@H](O)C[C@@H]1O. The third-order valence-electron chi connectivity index (χ3n) is 9.27. The number of fused-ring (bicyclic) bond motifs is 1. The summed E-state index contributed by atoms with van der Waals surface area (Å²) < 4.78 is 0. The second kappa shape index (κ2) is 9.15. The molecule has 31 heavy (non-hydrogen) atoms. The van der Waals surface area contributed by atoms with Gasteiger partial charge in [-0.3, -0.25) is 0 Å². The first-order valence-corrected chi connectivity index (χ1v) is 12.6. The fourth-order valence-corrected chi connectivity index (χ4v) is 7.06. The van der Waals surface area contributed by atoms with Gasteiger partial charge in [0, 0.05) is 6.42 Å². The minimum atomic E-state index is -0.624. The van der Waals surface area contributed by atoms with Crippen LogP contribution >= 0.6 is 0 Å². The van der Waals surface area contributed by atoms with Gasteiger partial charge in [-0.1, -0.05) is 57.9 Å². The number of hydrogen-bond donors (Lipinski definition) is 3. The monoisotopic (exact) mass is 430 g/mol. The Balaban J connectivity index is 1.77. The van der Waals surface area contributed by atoms with Gasteiger partial charge in [-0.15, -0.1) is 0 Å². The van der Waals surface area contributed by atoms with E-state index < -0.39 is 17.8 Å². The lowest BCUT2D eigenvalue weighted by Crippen LogP contribution is -2.43.